The number of amides is 2. The van der Waals surface area contributed by atoms with Crippen molar-refractivity contribution in [2.45, 2.75) is 50.6 Å². The summed E-state index contributed by atoms with van der Waals surface area (Å²) < 4.78 is 0. The SMILES string of the molecule is CN(Cc1cnc2ccccc2n1)C(=O)CC[C@]1(CCC(=O)O)CCC(=O)N1. The summed E-state index contributed by atoms with van der Waals surface area (Å²) in [5.41, 5.74) is 1.68. The van der Waals surface area contributed by atoms with E-state index in [1.165, 1.54) is 0 Å². The van der Waals surface area contributed by atoms with E-state index in [1.807, 2.05) is 24.3 Å². The van der Waals surface area contributed by atoms with E-state index < -0.39 is 11.5 Å². The number of aromatic nitrogens is 2. The minimum atomic E-state index is -0.904. The van der Waals surface area contributed by atoms with Crippen molar-refractivity contribution in [1.29, 1.82) is 0 Å². The fourth-order valence-corrected chi connectivity index (χ4v) is 3.56. The lowest BCUT2D eigenvalue weighted by atomic mass is 9.86. The Labute approximate surface area is 163 Å². The van der Waals surface area contributed by atoms with Crippen LogP contribution in [0.25, 0.3) is 11.0 Å². The molecule has 1 saturated heterocycles. The summed E-state index contributed by atoms with van der Waals surface area (Å²) in [7, 11) is 1.70. The minimum absolute atomic E-state index is 0.0308. The fraction of sp³-hybridized carbons (Fsp3) is 0.450. The van der Waals surface area contributed by atoms with Gasteiger partial charge in [-0.3, -0.25) is 19.4 Å². The first-order chi connectivity index (χ1) is 13.4. The van der Waals surface area contributed by atoms with E-state index in [0.29, 0.717) is 37.9 Å². The molecule has 0 spiro atoms. The lowest BCUT2D eigenvalue weighted by molar-refractivity contribution is -0.137. The third kappa shape index (κ3) is 4.82. The number of nitrogens with one attached hydrogen (secondary N) is 1. The van der Waals surface area contributed by atoms with Crippen molar-refractivity contribution < 1.29 is 19.5 Å². The van der Waals surface area contributed by atoms with Gasteiger partial charge in [-0.2, -0.15) is 0 Å². The number of carboxylic acid groups (broad SMARTS) is 1. The summed E-state index contributed by atoms with van der Waals surface area (Å²) in [6, 6.07) is 7.55. The van der Waals surface area contributed by atoms with Gasteiger partial charge in [0.2, 0.25) is 11.8 Å². The summed E-state index contributed by atoms with van der Waals surface area (Å²) in [4.78, 5) is 45.6. The van der Waals surface area contributed by atoms with Gasteiger partial charge >= 0.3 is 5.97 Å². The molecule has 0 bridgehead atoms. The van der Waals surface area contributed by atoms with Crippen LogP contribution in [0.15, 0.2) is 30.5 Å². The lowest BCUT2D eigenvalue weighted by Gasteiger charge is -2.29. The molecule has 1 fully saturated rings. The number of benzene rings is 1. The topological polar surface area (TPSA) is 112 Å². The van der Waals surface area contributed by atoms with Crippen molar-refractivity contribution in [3.8, 4) is 0 Å². The largest absolute Gasteiger partial charge is 0.481 e. The lowest BCUT2D eigenvalue weighted by Crippen LogP contribution is -2.43. The Morgan fingerprint density at radius 2 is 1.93 bits per heavy atom. The maximum atomic E-state index is 12.6. The molecule has 3 rings (SSSR count). The maximum Gasteiger partial charge on any atom is 0.303 e. The molecule has 1 aromatic heterocycles. The molecule has 1 aromatic carbocycles. The molecular formula is C20H24N4O4. The summed E-state index contributed by atoms with van der Waals surface area (Å²) in [5, 5.41) is 11.8. The number of carbonyl (C=O) groups is 3. The van der Waals surface area contributed by atoms with Gasteiger partial charge in [0.1, 0.15) is 0 Å². The Morgan fingerprint density at radius 3 is 2.61 bits per heavy atom. The Balaban J connectivity index is 1.59. The number of hydrogen-bond acceptors (Lipinski definition) is 5. The highest BCUT2D eigenvalue weighted by molar-refractivity contribution is 5.80. The highest BCUT2D eigenvalue weighted by Crippen LogP contribution is 2.30. The first-order valence-corrected chi connectivity index (χ1v) is 9.34. The van der Waals surface area contributed by atoms with Crippen molar-refractivity contribution in [2.75, 3.05) is 7.05 Å². The molecule has 0 radical (unpaired) electrons. The average molecular weight is 384 g/mol. The molecule has 0 saturated carbocycles. The molecule has 8 nitrogen and oxygen atoms in total. The van der Waals surface area contributed by atoms with Crippen LogP contribution in [0.2, 0.25) is 0 Å². The van der Waals surface area contributed by atoms with Gasteiger partial charge in [0.15, 0.2) is 0 Å². The predicted octanol–water partition coefficient (Wildman–Crippen LogP) is 1.88. The van der Waals surface area contributed by atoms with Gasteiger partial charge in [-0.25, -0.2) is 4.98 Å². The Hall–Kier alpha value is -3.03. The average Bonchev–Trinajstić information content (AvgIpc) is 3.05. The Kier molecular flexibility index (Phi) is 5.87. The van der Waals surface area contributed by atoms with E-state index >= 15 is 0 Å². The van der Waals surface area contributed by atoms with Crippen molar-refractivity contribution in [3.63, 3.8) is 0 Å². The highest BCUT2D eigenvalue weighted by Gasteiger charge is 2.38. The van der Waals surface area contributed by atoms with Gasteiger partial charge in [-0.15, -0.1) is 0 Å². The maximum absolute atomic E-state index is 12.6. The van der Waals surface area contributed by atoms with Crippen LogP contribution in [0.1, 0.15) is 44.2 Å². The highest BCUT2D eigenvalue weighted by atomic mass is 16.4. The van der Waals surface area contributed by atoms with Crippen molar-refractivity contribution >= 4 is 28.8 Å². The molecule has 1 aliphatic heterocycles. The van der Waals surface area contributed by atoms with Crippen LogP contribution in [0, 0.1) is 0 Å². The van der Waals surface area contributed by atoms with Crippen LogP contribution < -0.4 is 5.32 Å². The van der Waals surface area contributed by atoms with Crippen LogP contribution in [0.3, 0.4) is 0 Å². The molecule has 2 aromatic rings. The number of carboxylic acids is 1. The number of hydrogen-bond donors (Lipinski definition) is 2. The van der Waals surface area contributed by atoms with Gasteiger partial charge in [-0.1, -0.05) is 12.1 Å². The summed E-state index contributed by atoms with van der Waals surface area (Å²) in [5.74, 6) is -1.07. The summed E-state index contributed by atoms with van der Waals surface area (Å²) in [6.45, 7) is 0.338. The number of aliphatic carboxylic acids is 1. The molecular weight excluding hydrogens is 360 g/mol. The first-order valence-electron chi connectivity index (χ1n) is 9.34. The number of fused-ring (bicyclic) bond motifs is 1. The van der Waals surface area contributed by atoms with E-state index in [4.69, 9.17) is 5.11 Å². The molecule has 8 heteroatoms. The van der Waals surface area contributed by atoms with E-state index in [9.17, 15) is 14.4 Å². The van der Waals surface area contributed by atoms with Gasteiger partial charge in [0.05, 0.1) is 29.5 Å². The molecule has 1 atom stereocenters. The van der Waals surface area contributed by atoms with Gasteiger partial charge in [-0.05, 0) is 31.4 Å². The number of carbonyl (C=O) groups excluding carboxylic acids is 2. The van der Waals surface area contributed by atoms with E-state index in [-0.39, 0.29) is 24.7 Å². The van der Waals surface area contributed by atoms with Crippen LogP contribution in [0.4, 0.5) is 0 Å². The third-order valence-corrected chi connectivity index (χ3v) is 5.19. The zero-order chi connectivity index (χ0) is 20.1. The molecule has 2 N–H and O–H groups in total. The van der Waals surface area contributed by atoms with E-state index in [0.717, 1.165) is 11.0 Å². The predicted molar refractivity (Wildman–Crippen MR) is 102 cm³/mol. The Bertz CT molecular complexity index is 901. The minimum Gasteiger partial charge on any atom is -0.481 e. The molecule has 0 unspecified atom stereocenters. The normalized spacial score (nSPS) is 18.8. The van der Waals surface area contributed by atoms with Gasteiger partial charge in [0, 0.05) is 31.8 Å². The fourth-order valence-electron chi connectivity index (χ4n) is 3.56. The standard InChI is InChI=1S/C20H24N4O4/c1-24(13-14-12-21-15-4-2-3-5-16(15)22-14)18(26)7-10-20(11-8-19(27)28)9-6-17(25)23-20/h2-5,12H,6-11,13H2,1H3,(H,23,25)(H,27,28)/t20-/m0/s1. The number of nitrogens with zero attached hydrogens (tertiary/aromatic N) is 3. The van der Waals surface area contributed by atoms with Gasteiger partial charge < -0.3 is 15.3 Å². The van der Waals surface area contributed by atoms with Crippen LogP contribution in [0.5, 0.6) is 0 Å². The monoisotopic (exact) mass is 384 g/mol. The first kappa shape index (κ1) is 19.7. The van der Waals surface area contributed by atoms with Crippen molar-refractivity contribution in [2.24, 2.45) is 0 Å². The molecule has 2 heterocycles. The summed E-state index contributed by atoms with van der Waals surface area (Å²) >= 11 is 0. The second-order valence-corrected chi connectivity index (χ2v) is 7.32. The van der Waals surface area contributed by atoms with Crippen LogP contribution in [-0.4, -0.2) is 50.3 Å². The zero-order valence-corrected chi connectivity index (χ0v) is 15.9. The van der Waals surface area contributed by atoms with Crippen LogP contribution >= 0.6 is 0 Å². The third-order valence-electron chi connectivity index (χ3n) is 5.19. The number of rotatable bonds is 8. The van der Waals surface area contributed by atoms with Crippen molar-refractivity contribution in [3.05, 3.63) is 36.2 Å². The second kappa shape index (κ2) is 8.33. The van der Waals surface area contributed by atoms with E-state index in [2.05, 4.69) is 15.3 Å². The molecule has 2 amide bonds. The van der Waals surface area contributed by atoms with Crippen LogP contribution in [-0.2, 0) is 20.9 Å². The second-order valence-electron chi connectivity index (χ2n) is 7.32. The van der Waals surface area contributed by atoms with E-state index in [1.54, 1.807) is 18.1 Å². The quantitative estimate of drug-likeness (QED) is 0.719. The van der Waals surface area contributed by atoms with Gasteiger partial charge in [0.25, 0.3) is 0 Å². The molecule has 0 aliphatic carbocycles. The molecule has 148 valence electrons. The molecule has 28 heavy (non-hydrogen) atoms. The zero-order valence-electron chi connectivity index (χ0n) is 15.9. The van der Waals surface area contributed by atoms with Crippen molar-refractivity contribution in [1.82, 2.24) is 20.2 Å². The summed E-state index contributed by atoms with van der Waals surface area (Å²) in [6.07, 6.45) is 3.56. The Morgan fingerprint density at radius 1 is 1.21 bits per heavy atom. The smallest absolute Gasteiger partial charge is 0.303 e. The molecule has 1 aliphatic rings. The number of para-hydroxylation sites is 2.